The number of benzene rings is 1. The van der Waals surface area contributed by atoms with E-state index >= 15 is 0 Å². The van der Waals surface area contributed by atoms with E-state index in [-0.39, 0.29) is 0 Å². The molecule has 0 bridgehead atoms. The van der Waals surface area contributed by atoms with Crippen molar-refractivity contribution in [2.24, 2.45) is 0 Å². The average Bonchev–Trinajstić information content (AvgIpc) is 2.91. The molecule has 0 radical (unpaired) electrons. The lowest BCUT2D eigenvalue weighted by molar-refractivity contribution is 0.173. The van der Waals surface area contributed by atoms with Gasteiger partial charge in [0.05, 0.1) is 6.61 Å². The molecule has 1 aliphatic rings. The molecule has 0 fully saturated rings. The summed E-state index contributed by atoms with van der Waals surface area (Å²) in [6.07, 6.45) is 4.28. The first kappa shape index (κ1) is 15.3. The quantitative estimate of drug-likeness (QED) is 0.709. The maximum Gasteiger partial charge on any atom is 0.231 e. The van der Waals surface area contributed by atoms with Crippen molar-refractivity contribution in [2.45, 2.75) is 26.3 Å². The van der Waals surface area contributed by atoms with Crippen LogP contribution in [-0.4, -0.2) is 32.0 Å². The van der Waals surface area contributed by atoms with Crippen LogP contribution in [0.3, 0.4) is 0 Å². The summed E-state index contributed by atoms with van der Waals surface area (Å²) in [6.45, 7) is 4.99. The van der Waals surface area contributed by atoms with E-state index in [2.05, 4.69) is 18.5 Å². The van der Waals surface area contributed by atoms with Crippen LogP contribution in [0.5, 0.6) is 17.2 Å². The first-order chi connectivity index (χ1) is 9.85. The second-order valence-corrected chi connectivity index (χ2v) is 5.67. The molecule has 0 atom stereocenters. The van der Waals surface area contributed by atoms with E-state index in [1.54, 1.807) is 0 Å². The summed E-state index contributed by atoms with van der Waals surface area (Å²) in [5.41, 5.74) is 1.13. The number of rotatable bonds is 9. The molecule has 0 aromatic heterocycles. The third-order valence-electron chi connectivity index (χ3n) is 3.05. The van der Waals surface area contributed by atoms with Crippen LogP contribution >= 0.6 is 11.8 Å². The monoisotopic (exact) mass is 297 g/mol. The zero-order valence-electron chi connectivity index (χ0n) is 12.2. The molecule has 20 heavy (non-hydrogen) atoms. The molecule has 5 heteroatoms. The van der Waals surface area contributed by atoms with Gasteiger partial charge in [-0.05, 0) is 37.5 Å². The molecule has 0 spiro atoms. The van der Waals surface area contributed by atoms with Gasteiger partial charge >= 0.3 is 0 Å². The van der Waals surface area contributed by atoms with E-state index < -0.39 is 0 Å². The summed E-state index contributed by atoms with van der Waals surface area (Å²) >= 11 is 1.84. The number of hydrogen-bond donors (Lipinski definition) is 1. The summed E-state index contributed by atoms with van der Waals surface area (Å²) in [4.78, 5) is 0. The minimum Gasteiger partial charge on any atom is -0.493 e. The Morgan fingerprint density at radius 3 is 2.85 bits per heavy atom. The molecule has 1 aromatic rings. The lowest BCUT2D eigenvalue weighted by atomic mass is 10.1. The van der Waals surface area contributed by atoms with Crippen molar-refractivity contribution in [3.05, 3.63) is 17.7 Å². The van der Waals surface area contributed by atoms with Crippen molar-refractivity contribution in [2.75, 3.05) is 32.0 Å². The standard InChI is InChI=1S/C15H23NO3S/c1-3-5-16-10-12-8-14-15(19-11-18-14)9-13(12)17-6-4-7-20-2/h8-9,16H,3-7,10-11H2,1-2H3. The maximum absolute atomic E-state index is 5.91. The fourth-order valence-electron chi connectivity index (χ4n) is 2.02. The Bertz CT molecular complexity index is 426. The number of hydrogen-bond acceptors (Lipinski definition) is 5. The molecular formula is C15H23NO3S. The number of fused-ring (bicyclic) bond motifs is 1. The van der Waals surface area contributed by atoms with Crippen molar-refractivity contribution >= 4 is 11.8 Å². The summed E-state index contributed by atoms with van der Waals surface area (Å²) in [5.74, 6) is 3.62. The largest absolute Gasteiger partial charge is 0.493 e. The fourth-order valence-corrected chi connectivity index (χ4v) is 2.43. The first-order valence-corrected chi connectivity index (χ1v) is 8.49. The van der Waals surface area contributed by atoms with Crippen LogP contribution < -0.4 is 19.5 Å². The van der Waals surface area contributed by atoms with Gasteiger partial charge in [-0.1, -0.05) is 6.92 Å². The maximum atomic E-state index is 5.91. The number of nitrogens with one attached hydrogen (secondary N) is 1. The van der Waals surface area contributed by atoms with Crippen molar-refractivity contribution in [1.29, 1.82) is 0 Å². The Morgan fingerprint density at radius 1 is 1.30 bits per heavy atom. The average molecular weight is 297 g/mol. The van der Waals surface area contributed by atoms with Gasteiger partial charge in [0.25, 0.3) is 0 Å². The van der Waals surface area contributed by atoms with Gasteiger partial charge < -0.3 is 19.5 Å². The zero-order valence-corrected chi connectivity index (χ0v) is 13.1. The second-order valence-electron chi connectivity index (χ2n) is 4.68. The highest BCUT2D eigenvalue weighted by Gasteiger charge is 2.17. The lowest BCUT2D eigenvalue weighted by Gasteiger charge is -2.13. The predicted molar refractivity (Wildman–Crippen MR) is 83.1 cm³/mol. The van der Waals surface area contributed by atoms with Crippen LogP contribution in [0.25, 0.3) is 0 Å². The Morgan fingerprint density at radius 2 is 2.10 bits per heavy atom. The number of thioether (sulfide) groups is 1. The smallest absolute Gasteiger partial charge is 0.231 e. The van der Waals surface area contributed by atoms with E-state index in [1.807, 2.05) is 23.9 Å². The second kappa shape index (κ2) is 8.27. The van der Waals surface area contributed by atoms with Gasteiger partial charge in [-0.2, -0.15) is 11.8 Å². The summed E-state index contributed by atoms with van der Waals surface area (Å²) < 4.78 is 16.8. The van der Waals surface area contributed by atoms with E-state index in [1.165, 1.54) is 0 Å². The topological polar surface area (TPSA) is 39.7 Å². The highest BCUT2D eigenvalue weighted by molar-refractivity contribution is 7.98. The van der Waals surface area contributed by atoms with Crippen molar-refractivity contribution in [3.63, 3.8) is 0 Å². The first-order valence-electron chi connectivity index (χ1n) is 7.10. The normalized spacial score (nSPS) is 12.7. The third-order valence-corrected chi connectivity index (χ3v) is 3.75. The van der Waals surface area contributed by atoms with Gasteiger partial charge in [0, 0.05) is 18.2 Å². The molecule has 4 nitrogen and oxygen atoms in total. The molecule has 0 amide bonds. The fraction of sp³-hybridized carbons (Fsp3) is 0.600. The molecule has 112 valence electrons. The van der Waals surface area contributed by atoms with Gasteiger partial charge in [-0.25, -0.2) is 0 Å². The van der Waals surface area contributed by atoms with E-state index in [0.29, 0.717) is 6.79 Å². The summed E-state index contributed by atoms with van der Waals surface area (Å²) in [5, 5.41) is 3.40. The minimum atomic E-state index is 0.299. The molecule has 1 heterocycles. The Balaban J connectivity index is 2.01. The van der Waals surface area contributed by atoms with Crippen molar-refractivity contribution in [3.8, 4) is 17.2 Å². The van der Waals surface area contributed by atoms with E-state index in [0.717, 1.165) is 61.1 Å². The van der Waals surface area contributed by atoms with Gasteiger partial charge in [-0.15, -0.1) is 0 Å². The predicted octanol–water partition coefficient (Wildman–Crippen LogP) is 3.05. The molecule has 1 aromatic carbocycles. The van der Waals surface area contributed by atoms with Crippen LogP contribution in [0, 0.1) is 0 Å². The Hall–Kier alpha value is -1.07. The van der Waals surface area contributed by atoms with Crippen molar-refractivity contribution < 1.29 is 14.2 Å². The highest BCUT2D eigenvalue weighted by atomic mass is 32.2. The molecule has 2 rings (SSSR count). The van der Waals surface area contributed by atoms with Crippen LogP contribution in [-0.2, 0) is 6.54 Å². The molecule has 1 N–H and O–H groups in total. The molecule has 0 saturated heterocycles. The van der Waals surface area contributed by atoms with Crippen LogP contribution in [0.15, 0.2) is 12.1 Å². The highest BCUT2D eigenvalue weighted by Crippen LogP contribution is 2.38. The zero-order chi connectivity index (χ0) is 14.2. The molecule has 0 aliphatic carbocycles. The van der Waals surface area contributed by atoms with Gasteiger partial charge in [0.15, 0.2) is 11.5 Å². The summed E-state index contributed by atoms with van der Waals surface area (Å²) in [6, 6.07) is 3.97. The third kappa shape index (κ3) is 4.21. The Kier molecular flexibility index (Phi) is 6.33. The van der Waals surface area contributed by atoms with Gasteiger partial charge in [-0.3, -0.25) is 0 Å². The molecular weight excluding hydrogens is 274 g/mol. The van der Waals surface area contributed by atoms with Crippen LogP contribution in [0.1, 0.15) is 25.3 Å². The minimum absolute atomic E-state index is 0.299. The molecule has 1 aliphatic heterocycles. The van der Waals surface area contributed by atoms with Crippen LogP contribution in [0.2, 0.25) is 0 Å². The SMILES string of the molecule is CCCNCc1cc2c(cc1OCCCSC)OCO2. The lowest BCUT2D eigenvalue weighted by Crippen LogP contribution is -2.15. The van der Waals surface area contributed by atoms with Crippen molar-refractivity contribution in [1.82, 2.24) is 5.32 Å². The molecule has 0 saturated carbocycles. The summed E-state index contributed by atoms with van der Waals surface area (Å²) in [7, 11) is 0. The van der Waals surface area contributed by atoms with E-state index in [4.69, 9.17) is 14.2 Å². The van der Waals surface area contributed by atoms with Crippen LogP contribution in [0.4, 0.5) is 0 Å². The number of ether oxygens (including phenoxy) is 3. The van der Waals surface area contributed by atoms with E-state index in [9.17, 15) is 0 Å². The Labute approximate surface area is 125 Å². The van der Waals surface area contributed by atoms with Gasteiger partial charge in [0.1, 0.15) is 5.75 Å². The van der Waals surface area contributed by atoms with Gasteiger partial charge in [0.2, 0.25) is 6.79 Å². The molecule has 0 unspecified atom stereocenters.